The van der Waals surface area contributed by atoms with Crippen LogP contribution in [0.5, 0.6) is 23.0 Å². The van der Waals surface area contributed by atoms with Crippen molar-refractivity contribution in [1.82, 2.24) is 0 Å². The van der Waals surface area contributed by atoms with Crippen LogP contribution in [-0.4, -0.2) is 12.2 Å². The number of aryl methyl sites for hydroxylation is 2. The number of methoxy groups -OCH3 is 1. The molecule has 158 valence electrons. The van der Waals surface area contributed by atoms with Crippen molar-refractivity contribution in [3.8, 4) is 34.1 Å². The fraction of sp³-hybridized carbons (Fsp3) is 0.103. The fourth-order valence-electron chi connectivity index (χ4n) is 4.36. The van der Waals surface area contributed by atoms with Gasteiger partial charge in [0, 0.05) is 10.8 Å². The monoisotopic (exact) mass is 420 g/mol. The number of hydrogen-bond donors (Lipinski definition) is 1. The SMILES string of the molecule is COc1ccc(-c2c3ccccc3c(Oc3cc(C)c(O)c(C)c3)c3ccccc23)cc1. The van der Waals surface area contributed by atoms with Crippen molar-refractivity contribution in [1.29, 1.82) is 0 Å². The summed E-state index contributed by atoms with van der Waals surface area (Å²) in [5.41, 5.74) is 3.89. The lowest BCUT2D eigenvalue weighted by molar-refractivity contribution is 0.415. The highest BCUT2D eigenvalue weighted by Crippen LogP contribution is 2.45. The van der Waals surface area contributed by atoms with Crippen molar-refractivity contribution < 1.29 is 14.6 Å². The number of hydrogen-bond acceptors (Lipinski definition) is 3. The predicted octanol–water partition coefficient (Wildman–Crippen LogP) is 7.78. The van der Waals surface area contributed by atoms with E-state index in [9.17, 15) is 5.11 Å². The van der Waals surface area contributed by atoms with Crippen molar-refractivity contribution >= 4 is 21.5 Å². The summed E-state index contributed by atoms with van der Waals surface area (Å²) in [6.07, 6.45) is 0. The zero-order chi connectivity index (χ0) is 22.2. The maximum absolute atomic E-state index is 10.2. The Bertz CT molecular complexity index is 1370. The Kier molecular flexibility index (Phi) is 4.95. The molecule has 0 spiro atoms. The third-order valence-corrected chi connectivity index (χ3v) is 5.95. The summed E-state index contributed by atoms with van der Waals surface area (Å²) in [7, 11) is 1.68. The smallest absolute Gasteiger partial charge is 0.143 e. The van der Waals surface area contributed by atoms with Crippen LogP contribution in [0.1, 0.15) is 11.1 Å². The first-order valence-corrected chi connectivity index (χ1v) is 10.6. The van der Waals surface area contributed by atoms with Crippen molar-refractivity contribution in [2.75, 3.05) is 7.11 Å². The van der Waals surface area contributed by atoms with E-state index in [0.29, 0.717) is 11.5 Å². The van der Waals surface area contributed by atoms with Gasteiger partial charge in [-0.2, -0.15) is 0 Å². The van der Waals surface area contributed by atoms with Gasteiger partial charge in [-0.15, -0.1) is 0 Å². The number of fused-ring (bicyclic) bond motifs is 2. The second-order valence-corrected chi connectivity index (χ2v) is 8.03. The van der Waals surface area contributed by atoms with Gasteiger partial charge in [-0.1, -0.05) is 60.7 Å². The molecule has 5 rings (SSSR count). The highest BCUT2D eigenvalue weighted by molar-refractivity contribution is 6.17. The minimum Gasteiger partial charge on any atom is -0.507 e. The Morgan fingerprint density at radius 1 is 0.625 bits per heavy atom. The van der Waals surface area contributed by atoms with Crippen LogP contribution in [0, 0.1) is 13.8 Å². The molecule has 0 fully saturated rings. The minimum atomic E-state index is 0.307. The van der Waals surface area contributed by atoms with Gasteiger partial charge >= 0.3 is 0 Å². The molecular weight excluding hydrogens is 396 g/mol. The number of rotatable bonds is 4. The molecule has 0 saturated carbocycles. The van der Waals surface area contributed by atoms with Gasteiger partial charge in [0.05, 0.1) is 7.11 Å². The molecule has 0 atom stereocenters. The van der Waals surface area contributed by atoms with Crippen LogP contribution in [0.15, 0.2) is 84.9 Å². The molecule has 0 aromatic heterocycles. The molecule has 0 aliphatic carbocycles. The maximum Gasteiger partial charge on any atom is 0.143 e. The van der Waals surface area contributed by atoms with Gasteiger partial charge in [0.25, 0.3) is 0 Å². The first-order chi connectivity index (χ1) is 15.6. The Balaban J connectivity index is 1.80. The Morgan fingerprint density at radius 3 is 1.62 bits per heavy atom. The van der Waals surface area contributed by atoms with Crippen molar-refractivity contribution in [3.05, 3.63) is 96.1 Å². The minimum absolute atomic E-state index is 0.307. The number of phenols is 1. The van der Waals surface area contributed by atoms with Crippen LogP contribution in [0.25, 0.3) is 32.7 Å². The van der Waals surface area contributed by atoms with Crippen LogP contribution < -0.4 is 9.47 Å². The van der Waals surface area contributed by atoms with E-state index in [1.807, 2.05) is 50.2 Å². The Labute approximate surface area is 187 Å². The molecule has 3 heteroatoms. The van der Waals surface area contributed by atoms with Gasteiger partial charge in [0.2, 0.25) is 0 Å². The van der Waals surface area contributed by atoms with Crippen LogP contribution in [0.2, 0.25) is 0 Å². The molecule has 0 saturated heterocycles. The average molecular weight is 421 g/mol. The van der Waals surface area contributed by atoms with Gasteiger partial charge in [0.15, 0.2) is 0 Å². The second kappa shape index (κ2) is 7.93. The number of aromatic hydroxyl groups is 1. The Hall–Kier alpha value is -3.98. The normalized spacial score (nSPS) is 11.1. The molecule has 5 aromatic rings. The topological polar surface area (TPSA) is 38.7 Å². The number of ether oxygens (including phenoxy) is 2. The molecule has 5 aromatic carbocycles. The van der Waals surface area contributed by atoms with Gasteiger partial charge in [-0.25, -0.2) is 0 Å². The third kappa shape index (κ3) is 3.32. The molecular formula is C29H24O3. The summed E-state index contributed by atoms with van der Waals surface area (Å²) >= 11 is 0. The van der Waals surface area contributed by atoms with Crippen LogP contribution in [0.4, 0.5) is 0 Å². The number of benzene rings is 5. The molecule has 1 N–H and O–H groups in total. The van der Waals surface area contributed by atoms with E-state index in [2.05, 4.69) is 48.5 Å². The quantitative estimate of drug-likeness (QED) is 0.302. The summed E-state index contributed by atoms with van der Waals surface area (Å²) in [4.78, 5) is 0. The van der Waals surface area contributed by atoms with E-state index >= 15 is 0 Å². The Morgan fingerprint density at radius 2 is 1.12 bits per heavy atom. The van der Waals surface area contributed by atoms with Crippen LogP contribution in [-0.2, 0) is 0 Å². The van der Waals surface area contributed by atoms with Gasteiger partial charge in [0.1, 0.15) is 23.0 Å². The second-order valence-electron chi connectivity index (χ2n) is 8.03. The van der Waals surface area contributed by atoms with E-state index in [4.69, 9.17) is 9.47 Å². The van der Waals surface area contributed by atoms with Crippen LogP contribution in [0.3, 0.4) is 0 Å². The third-order valence-electron chi connectivity index (χ3n) is 5.95. The summed E-state index contributed by atoms with van der Waals surface area (Å²) in [6, 6.07) is 28.6. The van der Waals surface area contributed by atoms with E-state index in [0.717, 1.165) is 49.7 Å². The maximum atomic E-state index is 10.2. The van der Waals surface area contributed by atoms with Gasteiger partial charge in [-0.05, 0) is 71.1 Å². The lowest BCUT2D eigenvalue weighted by Crippen LogP contribution is -1.93. The molecule has 0 bridgehead atoms. The first kappa shape index (κ1) is 20.0. The van der Waals surface area contributed by atoms with E-state index in [-0.39, 0.29) is 0 Å². The average Bonchev–Trinajstić information content (AvgIpc) is 2.82. The molecule has 3 nitrogen and oxygen atoms in total. The highest BCUT2D eigenvalue weighted by Gasteiger charge is 2.17. The summed E-state index contributed by atoms with van der Waals surface area (Å²) < 4.78 is 11.9. The zero-order valence-corrected chi connectivity index (χ0v) is 18.3. The lowest BCUT2D eigenvalue weighted by atomic mass is 9.91. The fourth-order valence-corrected chi connectivity index (χ4v) is 4.36. The van der Waals surface area contributed by atoms with Crippen molar-refractivity contribution in [2.24, 2.45) is 0 Å². The summed E-state index contributed by atoms with van der Waals surface area (Å²) in [5, 5.41) is 14.5. The predicted molar refractivity (Wildman–Crippen MR) is 131 cm³/mol. The lowest BCUT2D eigenvalue weighted by Gasteiger charge is -2.18. The first-order valence-electron chi connectivity index (χ1n) is 10.6. The molecule has 0 aliphatic heterocycles. The molecule has 0 unspecified atom stereocenters. The molecule has 0 amide bonds. The standard InChI is InChI=1S/C29H24O3/c1-18-16-22(17-19(2)28(18)30)32-29-25-10-6-4-8-23(25)27(24-9-5-7-11-26(24)29)20-12-14-21(31-3)15-13-20/h4-17,30H,1-3H3. The molecule has 0 aliphatic rings. The van der Waals surface area contributed by atoms with Gasteiger partial charge in [-0.3, -0.25) is 0 Å². The van der Waals surface area contributed by atoms with Gasteiger partial charge < -0.3 is 14.6 Å². The highest BCUT2D eigenvalue weighted by atomic mass is 16.5. The van der Waals surface area contributed by atoms with Crippen molar-refractivity contribution in [3.63, 3.8) is 0 Å². The largest absolute Gasteiger partial charge is 0.507 e. The summed E-state index contributed by atoms with van der Waals surface area (Å²) in [6.45, 7) is 3.77. The molecule has 0 heterocycles. The van der Waals surface area contributed by atoms with E-state index in [1.165, 1.54) is 5.56 Å². The van der Waals surface area contributed by atoms with Crippen LogP contribution >= 0.6 is 0 Å². The molecule has 32 heavy (non-hydrogen) atoms. The van der Waals surface area contributed by atoms with E-state index < -0.39 is 0 Å². The molecule has 0 radical (unpaired) electrons. The van der Waals surface area contributed by atoms with Crippen molar-refractivity contribution in [2.45, 2.75) is 13.8 Å². The van der Waals surface area contributed by atoms with E-state index in [1.54, 1.807) is 7.11 Å². The summed E-state index contributed by atoms with van der Waals surface area (Å²) in [5.74, 6) is 2.67. The number of phenolic OH excluding ortho intramolecular Hbond substituents is 1. The zero-order valence-electron chi connectivity index (χ0n) is 18.3.